The van der Waals surface area contributed by atoms with Crippen LogP contribution in [0.3, 0.4) is 0 Å². The standard InChI is InChI=1S/C17H21FN2/c1-13-7-9-14(10-8-13)12-20(3)17-15(11-19-2)5-4-6-16(17)18/h4-10,19H,11-12H2,1-3H3. The summed E-state index contributed by atoms with van der Waals surface area (Å²) >= 11 is 0. The van der Waals surface area contributed by atoms with E-state index in [4.69, 9.17) is 0 Å². The maximum atomic E-state index is 14.1. The third-order valence-electron chi connectivity index (χ3n) is 3.36. The lowest BCUT2D eigenvalue weighted by atomic mass is 10.1. The summed E-state index contributed by atoms with van der Waals surface area (Å²) in [5.41, 5.74) is 4.06. The van der Waals surface area contributed by atoms with Gasteiger partial charge in [0.1, 0.15) is 5.82 Å². The molecule has 0 spiro atoms. The first-order valence-corrected chi connectivity index (χ1v) is 6.80. The minimum absolute atomic E-state index is 0.174. The van der Waals surface area contributed by atoms with Crippen LogP contribution in [0.1, 0.15) is 16.7 Å². The maximum absolute atomic E-state index is 14.1. The van der Waals surface area contributed by atoms with Crippen molar-refractivity contribution in [1.29, 1.82) is 0 Å². The summed E-state index contributed by atoms with van der Waals surface area (Å²) < 4.78 is 14.1. The molecule has 0 aliphatic carbocycles. The summed E-state index contributed by atoms with van der Waals surface area (Å²) in [6.45, 7) is 3.42. The van der Waals surface area contributed by atoms with Crippen LogP contribution in [0.15, 0.2) is 42.5 Å². The highest BCUT2D eigenvalue weighted by atomic mass is 19.1. The van der Waals surface area contributed by atoms with Gasteiger partial charge in [0, 0.05) is 20.1 Å². The smallest absolute Gasteiger partial charge is 0.146 e. The molecule has 3 heteroatoms. The Bertz CT molecular complexity index is 564. The number of nitrogens with one attached hydrogen (secondary N) is 1. The van der Waals surface area contributed by atoms with E-state index in [-0.39, 0.29) is 5.82 Å². The van der Waals surface area contributed by atoms with Gasteiger partial charge in [-0.2, -0.15) is 0 Å². The molecule has 0 heterocycles. The first kappa shape index (κ1) is 14.5. The number of nitrogens with zero attached hydrogens (tertiary/aromatic N) is 1. The van der Waals surface area contributed by atoms with E-state index in [0.717, 1.165) is 5.56 Å². The SMILES string of the molecule is CNCc1cccc(F)c1N(C)Cc1ccc(C)cc1. The minimum atomic E-state index is -0.174. The molecule has 0 aliphatic rings. The maximum Gasteiger partial charge on any atom is 0.146 e. The van der Waals surface area contributed by atoms with E-state index in [1.165, 1.54) is 17.2 Å². The van der Waals surface area contributed by atoms with Crippen LogP contribution >= 0.6 is 0 Å². The summed E-state index contributed by atoms with van der Waals surface area (Å²) in [5, 5.41) is 3.08. The second-order valence-electron chi connectivity index (χ2n) is 5.12. The number of aryl methyl sites for hydroxylation is 1. The third kappa shape index (κ3) is 3.36. The van der Waals surface area contributed by atoms with Crippen molar-refractivity contribution >= 4 is 5.69 Å². The molecule has 0 fully saturated rings. The van der Waals surface area contributed by atoms with Crippen molar-refractivity contribution in [1.82, 2.24) is 5.32 Å². The van der Waals surface area contributed by atoms with Crippen molar-refractivity contribution in [2.45, 2.75) is 20.0 Å². The van der Waals surface area contributed by atoms with Gasteiger partial charge in [0.15, 0.2) is 0 Å². The number of hydrogen-bond donors (Lipinski definition) is 1. The summed E-state index contributed by atoms with van der Waals surface area (Å²) in [7, 11) is 3.80. The molecule has 106 valence electrons. The van der Waals surface area contributed by atoms with Gasteiger partial charge in [-0.15, -0.1) is 0 Å². The van der Waals surface area contributed by atoms with E-state index in [1.807, 2.05) is 25.1 Å². The quantitative estimate of drug-likeness (QED) is 0.896. The number of halogens is 1. The Balaban J connectivity index is 2.24. The molecule has 0 saturated heterocycles. The van der Waals surface area contributed by atoms with Crippen LogP contribution in [0.5, 0.6) is 0 Å². The molecule has 2 aromatic rings. The molecule has 2 aromatic carbocycles. The summed E-state index contributed by atoms with van der Waals surface area (Å²) in [5.74, 6) is -0.174. The van der Waals surface area contributed by atoms with Crippen molar-refractivity contribution in [3.05, 3.63) is 65.0 Å². The molecule has 20 heavy (non-hydrogen) atoms. The van der Waals surface area contributed by atoms with E-state index < -0.39 is 0 Å². The number of hydrogen-bond acceptors (Lipinski definition) is 2. The predicted octanol–water partition coefficient (Wildman–Crippen LogP) is 3.49. The summed E-state index contributed by atoms with van der Waals surface area (Å²) in [4.78, 5) is 1.96. The van der Waals surface area contributed by atoms with Gasteiger partial charge in [-0.05, 0) is 31.2 Å². The van der Waals surface area contributed by atoms with Gasteiger partial charge in [-0.3, -0.25) is 0 Å². The van der Waals surface area contributed by atoms with E-state index in [9.17, 15) is 4.39 Å². The number of para-hydroxylation sites is 1. The Hall–Kier alpha value is -1.87. The van der Waals surface area contributed by atoms with Gasteiger partial charge in [-0.1, -0.05) is 42.0 Å². The molecule has 0 atom stereocenters. The van der Waals surface area contributed by atoms with Gasteiger partial charge in [0.25, 0.3) is 0 Å². The zero-order chi connectivity index (χ0) is 14.5. The highest BCUT2D eigenvalue weighted by Crippen LogP contribution is 2.25. The van der Waals surface area contributed by atoms with Crippen LogP contribution in [0.2, 0.25) is 0 Å². The van der Waals surface area contributed by atoms with Gasteiger partial charge >= 0.3 is 0 Å². The number of benzene rings is 2. The molecule has 0 aromatic heterocycles. The zero-order valence-electron chi connectivity index (χ0n) is 12.3. The average Bonchev–Trinajstić information content (AvgIpc) is 2.42. The van der Waals surface area contributed by atoms with E-state index in [2.05, 4.69) is 36.5 Å². The minimum Gasteiger partial charge on any atom is -0.368 e. The second kappa shape index (κ2) is 6.53. The second-order valence-corrected chi connectivity index (χ2v) is 5.12. The van der Waals surface area contributed by atoms with Crippen molar-refractivity contribution < 1.29 is 4.39 Å². The highest BCUT2D eigenvalue weighted by molar-refractivity contribution is 5.54. The lowest BCUT2D eigenvalue weighted by Crippen LogP contribution is -2.21. The van der Waals surface area contributed by atoms with Crippen LogP contribution in [0, 0.1) is 12.7 Å². The first-order valence-electron chi connectivity index (χ1n) is 6.80. The zero-order valence-corrected chi connectivity index (χ0v) is 12.3. The predicted molar refractivity (Wildman–Crippen MR) is 82.4 cm³/mol. The van der Waals surface area contributed by atoms with Gasteiger partial charge in [0.05, 0.1) is 5.69 Å². The monoisotopic (exact) mass is 272 g/mol. The molecule has 0 aliphatic heterocycles. The fraction of sp³-hybridized carbons (Fsp3) is 0.294. The number of anilines is 1. The van der Waals surface area contributed by atoms with Crippen LogP contribution < -0.4 is 10.2 Å². The van der Waals surface area contributed by atoms with Crippen LogP contribution in [-0.2, 0) is 13.1 Å². The van der Waals surface area contributed by atoms with Crippen molar-refractivity contribution in [2.24, 2.45) is 0 Å². The van der Waals surface area contributed by atoms with E-state index in [1.54, 1.807) is 6.07 Å². The molecule has 2 rings (SSSR count). The van der Waals surface area contributed by atoms with Crippen LogP contribution in [-0.4, -0.2) is 14.1 Å². The Kier molecular flexibility index (Phi) is 4.74. The topological polar surface area (TPSA) is 15.3 Å². The fourth-order valence-corrected chi connectivity index (χ4v) is 2.37. The van der Waals surface area contributed by atoms with Crippen molar-refractivity contribution in [2.75, 3.05) is 19.0 Å². The Morgan fingerprint density at radius 2 is 1.80 bits per heavy atom. The van der Waals surface area contributed by atoms with Crippen LogP contribution in [0.25, 0.3) is 0 Å². The summed E-state index contributed by atoms with van der Waals surface area (Å²) in [6.07, 6.45) is 0. The van der Waals surface area contributed by atoms with Gasteiger partial charge in [-0.25, -0.2) is 4.39 Å². The molecule has 0 saturated carbocycles. The molecule has 0 amide bonds. The largest absolute Gasteiger partial charge is 0.368 e. The van der Waals surface area contributed by atoms with Crippen LogP contribution in [0.4, 0.5) is 10.1 Å². The normalized spacial score (nSPS) is 10.6. The third-order valence-corrected chi connectivity index (χ3v) is 3.36. The fourth-order valence-electron chi connectivity index (χ4n) is 2.37. The molecule has 0 bridgehead atoms. The van der Waals surface area contributed by atoms with Gasteiger partial charge < -0.3 is 10.2 Å². The highest BCUT2D eigenvalue weighted by Gasteiger charge is 2.12. The Morgan fingerprint density at radius 3 is 2.45 bits per heavy atom. The average molecular weight is 272 g/mol. The number of rotatable bonds is 5. The van der Waals surface area contributed by atoms with Gasteiger partial charge in [0.2, 0.25) is 0 Å². The first-order chi connectivity index (χ1) is 9.61. The van der Waals surface area contributed by atoms with Crippen molar-refractivity contribution in [3.63, 3.8) is 0 Å². The van der Waals surface area contributed by atoms with E-state index >= 15 is 0 Å². The molecule has 0 radical (unpaired) electrons. The molecular formula is C17H21FN2. The lowest BCUT2D eigenvalue weighted by molar-refractivity contribution is 0.617. The molecular weight excluding hydrogens is 251 g/mol. The lowest BCUT2D eigenvalue weighted by Gasteiger charge is -2.23. The molecule has 1 N–H and O–H groups in total. The molecule has 2 nitrogen and oxygen atoms in total. The summed E-state index contributed by atoms with van der Waals surface area (Å²) in [6, 6.07) is 13.6. The van der Waals surface area contributed by atoms with Crippen molar-refractivity contribution in [3.8, 4) is 0 Å². The molecule has 0 unspecified atom stereocenters. The Labute approximate surface area is 120 Å². The Morgan fingerprint density at radius 1 is 1.10 bits per heavy atom. The van der Waals surface area contributed by atoms with E-state index in [0.29, 0.717) is 18.8 Å².